The molecule has 0 atom stereocenters. The summed E-state index contributed by atoms with van der Waals surface area (Å²) in [4.78, 5) is 8.55. The van der Waals surface area contributed by atoms with Crippen molar-refractivity contribution in [3.63, 3.8) is 0 Å². The molecule has 0 saturated heterocycles. The molecule has 3 rings (SSSR count). The van der Waals surface area contributed by atoms with Crippen LogP contribution in [0.3, 0.4) is 0 Å². The lowest BCUT2D eigenvalue weighted by Gasteiger charge is -2.09. The molecule has 4 nitrogen and oxygen atoms in total. The molecule has 1 aromatic heterocycles. The van der Waals surface area contributed by atoms with Crippen LogP contribution in [0.4, 0.5) is 17.3 Å². The molecule has 0 aliphatic heterocycles. The SMILES string of the molecule is Cc1ccc(Nc2cc(NCCc3ccccc3)ncn2)cc1Br. The normalized spacial score (nSPS) is 10.4. The first-order valence-electron chi connectivity index (χ1n) is 7.84. The predicted octanol–water partition coefficient (Wildman–Crippen LogP) is 4.95. The summed E-state index contributed by atoms with van der Waals surface area (Å²) in [6.07, 6.45) is 2.52. The number of hydrogen-bond donors (Lipinski definition) is 2. The molecule has 0 unspecified atom stereocenters. The molecule has 0 saturated carbocycles. The van der Waals surface area contributed by atoms with Crippen molar-refractivity contribution >= 4 is 33.3 Å². The first-order chi connectivity index (χ1) is 11.7. The smallest absolute Gasteiger partial charge is 0.135 e. The van der Waals surface area contributed by atoms with Crippen LogP contribution in [0.5, 0.6) is 0 Å². The Morgan fingerprint density at radius 3 is 2.54 bits per heavy atom. The second-order valence-electron chi connectivity index (χ2n) is 5.54. The van der Waals surface area contributed by atoms with E-state index in [9.17, 15) is 0 Å². The van der Waals surface area contributed by atoms with Crippen molar-refractivity contribution in [1.82, 2.24) is 9.97 Å². The van der Waals surface area contributed by atoms with Gasteiger partial charge in [-0.05, 0) is 36.6 Å². The van der Waals surface area contributed by atoms with Crippen molar-refractivity contribution in [2.24, 2.45) is 0 Å². The highest BCUT2D eigenvalue weighted by Gasteiger charge is 2.02. The van der Waals surface area contributed by atoms with E-state index in [1.54, 1.807) is 6.33 Å². The van der Waals surface area contributed by atoms with E-state index in [1.807, 2.05) is 24.3 Å². The molecule has 0 aliphatic carbocycles. The zero-order chi connectivity index (χ0) is 16.8. The quantitative estimate of drug-likeness (QED) is 0.633. The molecule has 0 aliphatic rings. The lowest BCUT2D eigenvalue weighted by atomic mass is 10.1. The number of hydrogen-bond acceptors (Lipinski definition) is 4. The average Bonchev–Trinajstić information content (AvgIpc) is 2.60. The van der Waals surface area contributed by atoms with Crippen LogP contribution < -0.4 is 10.6 Å². The Balaban J connectivity index is 1.60. The zero-order valence-corrected chi connectivity index (χ0v) is 15.0. The zero-order valence-electron chi connectivity index (χ0n) is 13.5. The fourth-order valence-electron chi connectivity index (χ4n) is 2.32. The molecule has 0 amide bonds. The van der Waals surface area contributed by atoms with Crippen LogP contribution in [0.1, 0.15) is 11.1 Å². The van der Waals surface area contributed by atoms with E-state index in [1.165, 1.54) is 11.1 Å². The summed E-state index contributed by atoms with van der Waals surface area (Å²) in [5.74, 6) is 1.58. The number of rotatable bonds is 6. The maximum Gasteiger partial charge on any atom is 0.135 e. The molecule has 2 N–H and O–H groups in total. The van der Waals surface area contributed by atoms with Gasteiger partial charge in [0.25, 0.3) is 0 Å². The molecular weight excluding hydrogens is 364 g/mol. The van der Waals surface area contributed by atoms with Crippen molar-refractivity contribution in [2.75, 3.05) is 17.2 Å². The van der Waals surface area contributed by atoms with Gasteiger partial charge in [0.15, 0.2) is 0 Å². The van der Waals surface area contributed by atoms with E-state index in [0.717, 1.165) is 34.8 Å². The van der Waals surface area contributed by atoms with E-state index in [-0.39, 0.29) is 0 Å². The van der Waals surface area contributed by atoms with Crippen LogP contribution in [-0.2, 0) is 6.42 Å². The van der Waals surface area contributed by atoms with Gasteiger partial charge in [-0.3, -0.25) is 0 Å². The minimum atomic E-state index is 0.767. The molecule has 0 fully saturated rings. The third-order valence-corrected chi connectivity index (χ3v) is 4.53. The van der Waals surface area contributed by atoms with Gasteiger partial charge in [0.1, 0.15) is 18.0 Å². The van der Waals surface area contributed by atoms with Gasteiger partial charge in [0.2, 0.25) is 0 Å². The molecule has 5 heteroatoms. The summed E-state index contributed by atoms with van der Waals surface area (Å²) in [5.41, 5.74) is 3.50. The lowest BCUT2D eigenvalue weighted by Crippen LogP contribution is -2.07. The van der Waals surface area contributed by atoms with Gasteiger partial charge in [-0.15, -0.1) is 0 Å². The highest BCUT2D eigenvalue weighted by atomic mass is 79.9. The number of anilines is 3. The van der Waals surface area contributed by atoms with Crippen LogP contribution in [0, 0.1) is 6.92 Å². The third-order valence-electron chi connectivity index (χ3n) is 3.67. The summed E-state index contributed by atoms with van der Waals surface area (Å²) in [7, 11) is 0. The molecule has 3 aromatic rings. The Morgan fingerprint density at radius 2 is 1.75 bits per heavy atom. The van der Waals surface area contributed by atoms with Gasteiger partial charge in [-0.25, -0.2) is 9.97 Å². The maximum atomic E-state index is 4.28. The fraction of sp³-hybridized carbons (Fsp3) is 0.158. The molecule has 2 aromatic carbocycles. The van der Waals surface area contributed by atoms with Crippen LogP contribution >= 0.6 is 15.9 Å². The Kier molecular flexibility index (Phi) is 5.43. The number of aromatic nitrogens is 2. The van der Waals surface area contributed by atoms with Crippen molar-refractivity contribution in [1.29, 1.82) is 0 Å². The Hall–Kier alpha value is -2.40. The van der Waals surface area contributed by atoms with Gasteiger partial charge < -0.3 is 10.6 Å². The van der Waals surface area contributed by atoms with Crippen LogP contribution in [0.25, 0.3) is 0 Å². The van der Waals surface area contributed by atoms with Gasteiger partial charge in [0.05, 0.1) is 0 Å². The molecular formula is C19H19BrN4. The molecule has 0 radical (unpaired) electrons. The number of nitrogens with one attached hydrogen (secondary N) is 2. The van der Waals surface area contributed by atoms with Gasteiger partial charge >= 0.3 is 0 Å². The average molecular weight is 383 g/mol. The van der Waals surface area contributed by atoms with Crippen molar-refractivity contribution in [3.05, 3.63) is 76.5 Å². The van der Waals surface area contributed by atoms with Crippen LogP contribution in [0.15, 0.2) is 65.4 Å². The molecule has 1 heterocycles. The summed E-state index contributed by atoms with van der Waals surface area (Å²) in [5, 5.41) is 6.64. The molecule has 0 bridgehead atoms. The topological polar surface area (TPSA) is 49.8 Å². The highest BCUT2D eigenvalue weighted by Crippen LogP contribution is 2.23. The standard InChI is InChI=1S/C19H19BrN4/c1-14-7-8-16(11-17(14)20)24-19-12-18(22-13-23-19)21-10-9-15-5-3-2-4-6-15/h2-8,11-13H,9-10H2,1H3,(H2,21,22,23,24). The van der Waals surface area contributed by atoms with Gasteiger partial charge in [-0.2, -0.15) is 0 Å². The van der Waals surface area contributed by atoms with Crippen molar-refractivity contribution in [3.8, 4) is 0 Å². The minimum Gasteiger partial charge on any atom is -0.370 e. The van der Waals surface area contributed by atoms with Gasteiger partial charge in [-0.1, -0.05) is 52.3 Å². The largest absolute Gasteiger partial charge is 0.370 e. The second-order valence-corrected chi connectivity index (χ2v) is 6.39. The first kappa shape index (κ1) is 16.5. The highest BCUT2D eigenvalue weighted by molar-refractivity contribution is 9.10. The Labute approximate surface area is 150 Å². The Morgan fingerprint density at radius 1 is 0.958 bits per heavy atom. The predicted molar refractivity (Wildman–Crippen MR) is 103 cm³/mol. The van der Waals surface area contributed by atoms with E-state index in [4.69, 9.17) is 0 Å². The van der Waals surface area contributed by atoms with E-state index < -0.39 is 0 Å². The molecule has 0 spiro atoms. The summed E-state index contributed by atoms with van der Waals surface area (Å²) in [6, 6.07) is 18.5. The molecule has 24 heavy (non-hydrogen) atoms. The number of benzene rings is 2. The fourth-order valence-corrected chi connectivity index (χ4v) is 2.70. The van der Waals surface area contributed by atoms with Crippen LogP contribution in [-0.4, -0.2) is 16.5 Å². The number of halogens is 1. The van der Waals surface area contributed by atoms with Gasteiger partial charge in [0, 0.05) is 22.8 Å². The van der Waals surface area contributed by atoms with Crippen LogP contribution in [0.2, 0.25) is 0 Å². The van der Waals surface area contributed by atoms with E-state index in [0.29, 0.717) is 0 Å². The lowest BCUT2D eigenvalue weighted by molar-refractivity contribution is 1.000. The first-order valence-corrected chi connectivity index (χ1v) is 8.63. The van der Waals surface area contributed by atoms with E-state index >= 15 is 0 Å². The summed E-state index contributed by atoms with van der Waals surface area (Å²) < 4.78 is 1.07. The molecule has 122 valence electrons. The van der Waals surface area contributed by atoms with Crippen molar-refractivity contribution in [2.45, 2.75) is 13.3 Å². The van der Waals surface area contributed by atoms with Crippen molar-refractivity contribution < 1.29 is 0 Å². The third kappa shape index (κ3) is 4.55. The van der Waals surface area contributed by atoms with E-state index in [2.05, 4.69) is 73.8 Å². The number of nitrogens with zero attached hydrogens (tertiary/aromatic N) is 2. The monoisotopic (exact) mass is 382 g/mol. The number of aryl methyl sites for hydroxylation is 1. The summed E-state index contributed by atoms with van der Waals surface area (Å²) in [6.45, 7) is 2.89. The maximum absolute atomic E-state index is 4.28. The minimum absolute atomic E-state index is 0.767. The Bertz CT molecular complexity index is 805. The summed E-state index contributed by atoms with van der Waals surface area (Å²) >= 11 is 3.55. The second kappa shape index (κ2) is 7.93.